The van der Waals surface area contributed by atoms with E-state index < -0.39 is 6.10 Å². The first-order chi connectivity index (χ1) is 6.59. The number of anilines is 1. The molecule has 2 rings (SSSR count). The summed E-state index contributed by atoms with van der Waals surface area (Å²) in [6, 6.07) is 0. The Balaban J connectivity index is 2.32. The van der Waals surface area contributed by atoms with Gasteiger partial charge in [0.1, 0.15) is 0 Å². The van der Waals surface area contributed by atoms with Gasteiger partial charge in [-0.1, -0.05) is 5.16 Å². The molecule has 1 amide bonds. The molecule has 0 spiro atoms. The van der Waals surface area contributed by atoms with E-state index in [0.717, 1.165) is 11.3 Å². The number of aliphatic hydroxyl groups is 1. The van der Waals surface area contributed by atoms with Crippen LogP contribution in [0, 0.1) is 13.8 Å². The van der Waals surface area contributed by atoms with E-state index in [4.69, 9.17) is 4.52 Å². The van der Waals surface area contributed by atoms with Crippen molar-refractivity contribution >= 4 is 11.8 Å². The van der Waals surface area contributed by atoms with Crippen LogP contribution in [0.5, 0.6) is 0 Å². The fourth-order valence-corrected chi connectivity index (χ4v) is 1.54. The highest BCUT2D eigenvalue weighted by Crippen LogP contribution is 2.26. The molecule has 0 radical (unpaired) electrons. The Morgan fingerprint density at radius 3 is 2.71 bits per heavy atom. The number of aromatic nitrogens is 1. The largest absolute Gasteiger partial charge is 0.391 e. The quantitative estimate of drug-likeness (QED) is 0.705. The molecule has 76 valence electrons. The standard InChI is InChI=1S/C9H12N2O3/c1-5-6(2)10-14-9(5)11-4-7(12)3-8(11)13/h7,12H,3-4H2,1-2H3. The minimum atomic E-state index is -0.590. The molecule has 0 aromatic carbocycles. The Morgan fingerprint density at radius 2 is 2.29 bits per heavy atom. The maximum absolute atomic E-state index is 11.4. The zero-order chi connectivity index (χ0) is 10.3. The van der Waals surface area contributed by atoms with Gasteiger partial charge in [0.25, 0.3) is 0 Å². The smallest absolute Gasteiger partial charge is 0.237 e. The highest BCUT2D eigenvalue weighted by atomic mass is 16.5. The predicted octanol–water partition coefficient (Wildman–Crippen LogP) is 0.389. The maximum atomic E-state index is 11.4. The van der Waals surface area contributed by atoms with Crippen LogP contribution in [-0.2, 0) is 4.79 Å². The number of aryl methyl sites for hydroxylation is 1. The van der Waals surface area contributed by atoms with E-state index in [1.54, 1.807) is 0 Å². The van der Waals surface area contributed by atoms with Crippen LogP contribution in [0.2, 0.25) is 0 Å². The van der Waals surface area contributed by atoms with E-state index in [1.165, 1.54) is 4.90 Å². The van der Waals surface area contributed by atoms with Gasteiger partial charge >= 0.3 is 0 Å². The predicted molar refractivity (Wildman–Crippen MR) is 49.0 cm³/mol. The summed E-state index contributed by atoms with van der Waals surface area (Å²) in [5.74, 6) is 0.348. The van der Waals surface area contributed by atoms with Gasteiger partial charge in [-0.3, -0.25) is 9.69 Å². The lowest BCUT2D eigenvalue weighted by atomic mass is 10.3. The van der Waals surface area contributed by atoms with E-state index in [-0.39, 0.29) is 12.3 Å². The van der Waals surface area contributed by atoms with Crippen molar-refractivity contribution in [1.82, 2.24) is 5.16 Å². The lowest BCUT2D eigenvalue weighted by Crippen LogP contribution is -2.25. The van der Waals surface area contributed by atoms with Gasteiger partial charge in [-0.2, -0.15) is 0 Å². The van der Waals surface area contributed by atoms with Crippen molar-refractivity contribution in [1.29, 1.82) is 0 Å². The number of carbonyl (C=O) groups is 1. The third-order valence-corrected chi connectivity index (χ3v) is 2.48. The van der Waals surface area contributed by atoms with Gasteiger partial charge in [0.2, 0.25) is 11.8 Å². The summed E-state index contributed by atoms with van der Waals surface area (Å²) in [5.41, 5.74) is 1.63. The van der Waals surface area contributed by atoms with Gasteiger partial charge < -0.3 is 9.63 Å². The Kier molecular flexibility index (Phi) is 2.03. The average molecular weight is 196 g/mol. The highest BCUT2D eigenvalue weighted by molar-refractivity contribution is 5.95. The molecule has 1 aromatic rings. The van der Waals surface area contributed by atoms with Crippen molar-refractivity contribution in [3.63, 3.8) is 0 Å². The first kappa shape index (κ1) is 9.21. The molecular formula is C9H12N2O3. The molecular weight excluding hydrogens is 184 g/mol. The fraction of sp³-hybridized carbons (Fsp3) is 0.556. The molecule has 1 N–H and O–H groups in total. The third kappa shape index (κ3) is 1.29. The van der Waals surface area contributed by atoms with Gasteiger partial charge in [-0.05, 0) is 13.8 Å². The van der Waals surface area contributed by atoms with Crippen LogP contribution in [0.15, 0.2) is 4.52 Å². The van der Waals surface area contributed by atoms with Gasteiger partial charge in [0.05, 0.1) is 24.8 Å². The average Bonchev–Trinajstić information content (AvgIpc) is 2.59. The van der Waals surface area contributed by atoms with E-state index >= 15 is 0 Å². The Hall–Kier alpha value is -1.36. The fourth-order valence-electron chi connectivity index (χ4n) is 1.54. The van der Waals surface area contributed by atoms with E-state index in [0.29, 0.717) is 12.4 Å². The molecule has 2 heterocycles. The second-order valence-electron chi connectivity index (χ2n) is 3.56. The molecule has 1 aliphatic rings. The molecule has 1 unspecified atom stereocenters. The molecule has 1 aliphatic heterocycles. The zero-order valence-corrected chi connectivity index (χ0v) is 8.15. The SMILES string of the molecule is Cc1noc(N2CC(O)CC2=O)c1C. The molecule has 0 bridgehead atoms. The van der Waals surface area contributed by atoms with E-state index in [9.17, 15) is 9.90 Å². The van der Waals surface area contributed by atoms with Crippen molar-refractivity contribution in [2.75, 3.05) is 11.4 Å². The summed E-state index contributed by atoms with van der Waals surface area (Å²) in [6.45, 7) is 3.97. The minimum Gasteiger partial charge on any atom is -0.391 e. The Morgan fingerprint density at radius 1 is 1.57 bits per heavy atom. The number of amides is 1. The molecule has 1 atom stereocenters. The number of hydrogen-bond donors (Lipinski definition) is 1. The number of nitrogens with zero attached hydrogens (tertiary/aromatic N) is 2. The maximum Gasteiger partial charge on any atom is 0.237 e. The first-order valence-corrected chi connectivity index (χ1v) is 4.51. The van der Waals surface area contributed by atoms with Crippen molar-refractivity contribution in [2.24, 2.45) is 0 Å². The third-order valence-electron chi connectivity index (χ3n) is 2.48. The number of β-amino-alcohol motifs (C(OH)–C–C–N with tert-alkyl or cyclic N) is 1. The van der Waals surface area contributed by atoms with Crippen molar-refractivity contribution in [3.8, 4) is 0 Å². The second-order valence-corrected chi connectivity index (χ2v) is 3.56. The molecule has 1 aromatic heterocycles. The Labute approximate surface area is 81.3 Å². The van der Waals surface area contributed by atoms with Crippen LogP contribution in [0.25, 0.3) is 0 Å². The van der Waals surface area contributed by atoms with E-state index in [2.05, 4.69) is 5.16 Å². The van der Waals surface area contributed by atoms with Crippen LogP contribution < -0.4 is 4.90 Å². The molecule has 0 saturated carbocycles. The molecule has 14 heavy (non-hydrogen) atoms. The van der Waals surface area contributed by atoms with Crippen LogP contribution in [0.1, 0.15) is 17.7 Å². The lowest BCUT2D eigenvalue weighted by molar-refractivity contribution is -0.117. The zero-order valence-electron chi connectivity index (χ0n) is 8.15. The minimum absolute atomic E-state index is 0.114. The number of aliphatic hydroxyl groups excluding tert-OH is 1. The molecule has 1 fully saturated rings. The normalized spacial score (nSPS) is 22.1. The number of carbonyl (C=O) groups excluding carboxylic acids is 1. The summed E-state index contributed by atoms with van der Waals surface area (Å²) >= 11 is 0. The molecule has 5 heteroatoms. The lowest BCUT2D eigenvalue weighted by Gasteiger charge is -2.11. The van der Waals surface area contributed by atoms with Crippen LogP contribution in [-0.4, -0.2) is 28.8 Å². The monoisotopic (exact) mass is 196 g/mol. The molecule has 1 saturated heterocycles. The highest BCUT2D eigenvalue weighted by Gasteiger charge is 2.32. The summed E-state index contributed by atoms with van der Waals surface area (Å²) in [7, 11) is 0. The van der Waals surface area contributed by atoms with Crippen LogP contribution in [0.4, 0.5) is 5.88 Å². The van der Waals surface area contributed by atoms with Crippen molar-refractivity contribution in [2.45, 2.75) is 26.4 Å². The number of hydrogen-bond acceptors (Lipinski definition) is 4. The molecule has 5 nitrogen and oxygen atoms in total. The van der Waals surface area contributed by atoms with Gasteiger partial charge in [0, 0.05) is 5.56 Å². The van der Waals surface area contributed by atoms with Crippen LogP contribution in [0.3, 0.4) is 0 Å². The summed E-state index contributed by atoms with van der Waals surface area (Å²) < 4.78 is 5.04. The van der Waals surface area contributed by atoms with E-state index in [1.807, 2.05) is 13.8 Å². The topological polar surface area (TPSA) is 66.6 Å². The summed E-state index contributed by atoms with van der Waals surface area (Å²) in [4.78, 5) is 12.9. The van der Waals surface area contributed by atoms with Gasteiger partial charge in [-0.25, -0.2) is 0 Å². The summed E-state index contributed by atoms with van der Waals surface area (Å²) in [6.07, 6.45) is -0.425. The van der Waals surface area contributed by atoms with Crippen LogP contribution >= 0.6 is 0 Å². The first-order valence-electron chi connectivity index (χ1n) is 4.51. The van der Waals surface area contributed by atoms with Crippen molar-refractivity contribution in [3.05, 3.63) is 11.3 Å². The van der Waals surface area contributed by atoms with Crippen molar-refractivity contribution < 1.29 is 14.4 Å². The van der Waals surface area contributed by atoms with Gasteiger partial charge in [0.15, 0.2) is 0 Å². The summed E-state index contributed by atoms with van der Waals surface area (Å²) in [5, 5.41) is 13.1. The number of rotatable bonds is 1. The second kappa shape index (κ2) is 3.09. The Bertz CT molecular complexity index is 372. The molecule has 0 aliphatic carbocycles. The van der Waals surface area contributed by atoms with Gasteiger partial charge in [-0.15, -0.1) is 0 Å².